The molecule has 2 aromatic rings. The van der Waals surface area contributed by atoms with Gasteiger partial charge in [0.2, 0.25) is 0 Å². The van der Waals surface area contributed by atoms with Crippen LogP contribution in [0.4, 0.5) is 0 Å². The van der Waals surface area contributed by atoms with E-state index in [1.165, 1.54) is 5.57 Å². The van der Waals surface area contributed by atoms with Crippen LogP contribution in [0, 0.1) is 0 Å². The maximum atomic E-state index is 6.28. The van der Waals surface area contributed by atoms with E-state index in [2.05, 4.69) is 22.1 Å². The molecule has 1 atom stereocenters. The number of dihydropyridines is 1. The van der Waals surface area contributed by atoms with E-state index >= 15 is 0 Å². The molecule has 2 heterocycles. The van der Waals surface area contributed by atoms with Gasteiger partial charge in [0.05, 0.1) is 11.7 Å². The number of halogens is 3. The first-order chi connectivity index (χ1) is 12.6. The quantitative estimate of drug-likeness (QED) is 0.600. The van der Waals surface area contributed by atoms with Gasteiger partial charge in [-0.2, -0.15) is 0 Å². The molecule has 0 fully saturated rings. The Kier molecular flexibility index (Phi) is 5.12. The van der Waals surface area contributed by atoms with Gasteiger partial charge in [0, 0.05) is 16.5 Å². The Morgan fingerprint density at radius 3 is 2.77 bits per heavy atom. The smallest absolute Gasteiger partial charge is 0.179 e. The molecule has 2 aliphatic rings. The average Bonchev–Trinajstić information content (AvgIpc) is 2.63. The third-order valence-electron chi connectivity index (χ3n) is 4.54. The monoisotopic (exact) mass is 403 g/mol. The first-order valence-corrected chi connectivity index (χ1v) is 9.65. The lowest BCUT2D eigenvalue weighted by molar-refractivity contribution is 0.625. The van der Waals surface area contributed by atoms with E-state index < -0.39 is 0 Å². The number of aliphatic imine (C=N–C) groups is 1. The molecule has 1 unspecified atom stereocenters. The maximum Gasteiger partial charge on any atom is 0.179 e. The van der Waals surface area contributed by atoms with Gasteiger partial charge in [0.1, 0.15) is 10.9 Å². The molecule has 0 radical (unpaired) electrons. The highest BCUT2D eigenvalue weighted by Crippen LogP contribution is 2.27. The SMILES string of the molecule is Clc1ccc(Cc2cc(Cl)nc(C3=NC4CCCC=C4C=C3)n2)c(Cl)c1. The number of aromatic nitrogens is 2. The molecule has 0 bridgehead atoms. The van der Waals surface area contributed by atoms with Gasteiger partial charge in [-0.05, 0) is 54.7 Å². The van der Waals surface area contributed by atoms with E-state index in [1.54, 1.807) is 12.1 Å². The highest BCUT2D eigenvalue weighted by atomic mass is 35.5. The fourth-order valence-electron chi connectivity index (χ4n) is 3.25. The van der Waals surface area contributed by atoms with Gasteiger partial charge >= 0.3 is 0 Å². The first-order valence-electron chi connectivity index (χ1n) is 8.52. The predicted octanol–water partition coefficient (Wildman–Crippen LogP) is 5.87. The van der Waals surface area contributed by atoms with Crippen LogP contribution >= 0.6 is 34.8 Å². The number of hydrogen-bond acceptors (Lipinski definition) is 3. The van der Waals surface area contributed by atoms with E-state index in [0.717, 1.165) is 36.2 Å². The predicted molar refractivity (Wildman–Crippen MR) is 108 cm³/mol. The molecule has 1 aliphatic carbocycles. The maximum absolute atomic E-state index is 6.28. The zero-order valence-corrected chi connectivity index (χ0v) is 16.2. The van der Waals surface area contributed by atoms with Crippen molar-refractivity contribution in [2.45, 2.75) is 31.7 Å². The Bertz CT molecular complexity index is 947. The number of nitrogens with zero attached hydrogens (tertiary/aromatic N) is 3. The summed E-state index contributed by atoms with van der Waals surface area (Å²) in [6.45, 7) is 0. The second kappa shape index (κ2) is 7.51. The summed E-state index contributed by atoms with van der Waals surface area (Å²) in [4.78, 5) is 13.9. The molecular formula is C20H16Cl3N3. The van der Waals surface area contributed by atoms with Crippen molar-refractivity contribution in [1.82, 2.24) is 9.97 Å². The molecule has 26 heavy (non-hydrogen) atoms. The van der Waals surface area contributed by atoms with Crippen molar-refractivity contribution in [3.05, 3.63) is 80.3 Å². The summed E-state index contributed by atoms with van der Waals surface area (Å²) in [5.74, 6) is 0.554. The minimum absolute atomic E-state index is 0.209. The zero-order valence-electron chi connectivity index (χ0n) is 13.9. The molecule has 0 N–H and O–H groups in total. The molecule has 0 spiro atoms. The molecule has 0 saturated carbocycles. The first kappa shape index (κ1) is 17.7. The molecule has 4 rings (SSSR count). The Morgan fingerprint density at radius 1 is 1.04 bits per heavy atom. The van der Waals surface area contributed by atoms with Gasteiger partial charge < -0.3 is 0 Å². The number of benzene rings is 1. The minimum Gasteiger partial charge on any atom is -0.273 e. The summed E-state index contributed by atoms with van der Waals surface area (Å²) < 4.78 is 0. The number of fused-ring (bicyclic) bond motifs is 1. The van der Waals surface area contributed by atoms with Crippen LogP contribution in [0.25, 0.3) is 0 Å². The van der Waals surface area contributed by atoms with E-state index in [9.17, 15) is 0 Å². The van der Waals surface area contributed by atoms with Crippen molar-refractivity contribution in [3.63, 3.8) is 0 Å². The van der Waals surface area contributed by atoms with Crippen molar-refractivity contribution < 1.29 is 0 Å². The van der Waals surface area contributed by atoms with Crippen molar-refractivity contribution in [1.29, 1.82) is 0 Å². The highest BCUT2D eigenvalue weighted by molar-refractivity contribution is 6.35. The Morgan fingerprint density at radius 2 is 1.92 bits per heavy atom. The molecule has 1 aromatic heterocycles. The number of allylic oxidation sites excluding steroid dienone is 2. The molecule has 132 valence electrons. The van der Waals surface area contributed by atoms with Crippen LogP contribution in [-0.4, -0.2) is 21.7 Å². The lowest BCUT2D eigenvalue weighted by atomic mass is 9.92. The lowest BCUT2D eigenvalue weighted by Gasteiger charge is -2.22. The van der Waals surface area contributed by atoms with E-state index in [1.807, 2.05) is 18.2 Å². The third kappa shape index (κ3) is 3.85. The molecule has 6 heteroatoms. The third-order valence-corrected chi connectivity index (χ3v) is 5.32. The van der Waals surface area contributed by atoms with Crippen molar-refractivity contribution in [2.24, 2.45) is 4.99 Å². The van der Waals surface area contributed by atoms with Crippen LogP contribution in [0.15, 0.2) is 53.1 Å². The fraction of sp³-hybridized carbons (Fsp3) is 0.250. The molecular weight excluding hydrogens is 389 g/mol. The van der Waals surface area contributed by atoms with Gasteiger partial charge in [0.15, 0.2) is 5.82 Å². The van der Waals surface area contributed by atoms with Crippen molar-refractivity contribution >= 4 is 40.5 Å². The van der Waals surface area contributed by atoms with E-state index in [4.69, 9.17) is 39.8 Å². The molecule has 3 nitrogen and oxygen atoms in total. The summed E-state index contributed by atoms with van der Waals surface area (Å²) in [6, 6.07) is 7.41. The summed E-state index contributed by atoms with van der Waals surface area (Å²) in [5, 5.41) is 1.62. The molecule has 0 amide bonds. The second-order valence-electron chi connectivity index (χ2n) is 6.42. The van der Waals surface area contributed by atoms with Gasteiger partial charge in [0.25, 0.3) is 0 Å². The number of rotatable bonds is 3. The molecule has 1 aliphatic heterocycles. The Balaban J connectivity index is 1.64. The zero-order chi connectivity index (χ0) is 18.1. The van der Waals surface area contributed by atoms with E-state index in [0.29, 0.717) is 27.4 Å². The van der Waals surface area contributed by atoms with Gasteiger partial charge in [-0.3, -0.25) is 4.99 Å². The van der Waals surface area contributed by atoms with Crippen LogP contribution in [0.5, 0.6) is 0 Å². The molecule has 0 saturated heterocycles. The van der Waals surface area contributed by atoms with Crippen LogP contribution in [-0.2, 0) is 6.42 Å². The summed E-state index contributed by atoms with van der Waals surface area (Å²) >= 11 is 18.5. The second-order valence-corrected chi connectivity index (χ2v) is 7.65. The van der Waals surface area contributed by atoms with Crippen LogP contribution in [0.3, 0.4) is 0 Å². The van der Waals surface area contributed by atoms with Gasteiger partial charge in [-0.25, -0.2) is 9.97 Å². The largest absolute Gasteiger partial charge is 0.273 e. The van der Waals surface area contributed by atoms with Crippen LogP contribution < -0.4 is 0 Å². The summed E-state index contributed by atoms with van der Waals surface area (Å²) in [6.07, 6.45) is 10.3. The van der Waals surface area contributed by atoms with Crippen molar-refractivity contribution in [2.75, 3.05) is 0 Å². The van der Waals surface area contributed by atoms with Crippen LogP contribution in [0.1, 0.15) is 36.3 Å². The topological polar surface area (TPSA) is 38.1 Å². The summed E-state index contributed by atoms with van der Waals surface area (Å²) in [7, 11) is 0. The van der Waals surface area contributed by atoms with Crippen LogP contribution in [0.2, 0.25) is 15.2 Å². The Labute approximate surface area is 167 Å². The average molecular weight is 405 g/mol. The van der Waals surface area contributed by atoms with Gasteiger partial charge in [-0.1, -0.05) is 53.0 Å². The normalized spacial score (nSPS) is 19.0. The standard InChI is InChI=1S/C20H16Cl3N3/c21-14-7-5-13(16(22)10-14)9-15-11-19(23)26-20(24-15)18-8-6-12-3-1-2-4-17(12)25-18/h3,5-8,10-11,17H,1-2,4,9H2. The Hall–Kier alpha value is -1.68. The lowest BCUT2D eigenvalue weighted by Crippen LogP contribution is -2.19. The van der Waals surface area contributed by atoms with Gasteiger partial charge in [-0.15, -0.1) is 0 Å². The van der Waals surface area contributed by atoms with E-state index in [-0.39, 0.29) is 6.04 Å². The summed E-state index contributed by atoms with van der Waals surface area (Å²) in [5.41, 5.74) is 3.80. The fourth-order valence-corrected chi connectivity index (χ4v) is 3.93. The number of hydrogen-bond donors (Lipinski definition) is 0. The van der Waals surface area contributed by atoms with Crippen molar-refractivity contribution in [3.8, 4) is 0 Å². The molecule has 1 aromatic carbocycles. The highest BCUT2D eigenvalue weighted by Gasteiger charge is 2.20. The minimum atomic E-state index is 0.209.